The van der Waals surface area contributed by atoms with Crippen molar-refractivity contribution in [2.24, 2.45) is 16.8 Å². The van der Waals surface area contributed by atoms with Crippen LogP contribution in [0.1, 0.15) is 13.3 Å². The predicted octanol–water partition coefficient (Wildman–Crippen LogP) is 0.954. The molecule has 0 aliphatic rings. The van der Waals surface area contributed by atoms with E-state index in [-0.39, 0.29) is 11.7 Å². The van der Waals surface area contributed by atoms with Gasteiger partial charge in [0.1, 0.15) is 12.4 Å². The fourth-order valence-electron chi connectivity index (χ4n) is 1.58. The van der Waals surface area contributed by atoms with Gasteiger partial charge in [0, 0.05) is 0 Å². The molecule has 1 rings (SSSR count). The lowest BCUT2D eigenvalue weighted by Gasteiger charge is -2.13. The zero-order valence-corrected chi connectivity index (χ0v) is 10.9. The van der Waals surface area contributed by atoms with Crippen molar-refractivity contribution in [3.8, 4) is 5.75 Å². The van der Waals surface area contributed by atoms with Crippen molar-refractivity contribution in [3.05, 3.63) is 30.3 Å². The summed E-state index contributed by atoms with van der Waals surface area (Å²) in [6, 6.07) is 9.33. The van der Waals surface area contributed by atoms with Crippen LogP contribution in [0, 0.1) is 5.92 Å². The Morgan fingerprint density at radius 3 is 2.74 bits per heavy atom. The minimum absolute atomic E-state index is 0.0797. The average molecular weight is 265 g/mol. The molecule has 0 fully saturated rings. The van der Waals surface area contributed by atoms with E-state index in [1.54, 1.807) is 6.92 Å². The number of oxime groups is 1. The number of benzene rings is 1. The van der Waals surface area contributed by atoms with Gasteiger partial charge >= 0.3 is 0 Å². The Morgan fingerprint density at radius 1 is 1.47 bits per heavy atom. The Morgan fingerprint density at radius 2 is 2.16 bits per heavy atom. The molecule has 1 aromatic rings. The topological polar surface area (TPSA) is 96.9 Å². The van der Waals surface area contributed by atoms with Crippen LogP contribution in [-0.2, 0) is 4.79 Å². The third-order valence-corrected chi connectivity index (χ3v) is 2.61. The van der Waals surface area contributed by atoms with Crippen LogP contribution in [0.15, 0.2) is 35.5 Å². The van der Waals surface area contributed by atoms with Gasteiger partial charge in [-0.1, -0.05) is 30.3 Å². The van der Waals surface area contributed by atoms with Crippen molar-refractivity contribution in [3.63, 3.8) is 0 Å². The monoisotopic (exact) mass is 265 g/mol. The lowest BCUT2D eigenvalue weighted by molar-refractivity contribution is -0.123. The number of nitrogens with one attached hydrogen (secondary N) is 1. The lowest BCUT2D eigenvalue weighted by Crippen LogP contribution is -2.40. The minimum atomic E-state index is -0.610. The molecular weight excluding hydrogens is 246 g/mol. The Kier molecular flexibility index (Phi) is 6.21. The van der Waals surface area contributed by atoms with Crippen LogP contribution in [0.25, 0.3) is 0 Å². The quantitative estimate of drug-likeness (QED) is 0.225. The van der Waals surface area contributed by atoms with Crippen LogP contribution < -0.4 is 15.8 Å². The Balaban J connectivity index is 2.30. The highest BCUT2D eigenvalue weighted by molar-refractivity contribution is 6.01. The standard InChI is InChI=1S/C13H19N3O3/c1-2-11(12(14)16-18)13(17)15-8-9-19-10-6-4-3-5-7-10/h3-7,11,18H,2,8-9H2,1H3,(H2,14,16)(H,15,17). The Hall–Kier alpha value is -2.24. The van der Waals surface area contributed by atoms with Crippen molar-refractivity contribution in [2.45, 2.75) is 13.3 Å². The Bertz CT molecular complexity index is 420. The van der Waals surface area contributed by atoms with E-state index in [9.17, 15) is 4.79 Å². The molecule has 0 bridgehead atoms. The lowest BCUT2D eigenvalue weighted by atomic mass is 10.1. The van der Waals surface area contributed by atoms with Gasteiger partial charge in [0.05, 0.1) is 12.5 Å². The first-order chi connectivity index (χ1) is 9.19. The molecule has 1 unspecified atom stereocenters. The summed E-state index contributed by atoms with van der Waals surface area (Å²) in [5.41, 5.74) is 5.43. The third-order valence-electron chi connectivity index (χ3n) is 2.61. The molecule has 0 heterocycles. The first-order valence-electron chi connectivity index (χ1n) is 6.12. The summed E-state index contributed by atoms with van der Waals surface area (Å²) in [7, 11) is 0. The fourth-order valence-corrected chi connectivity index (χ4v) is 1.58. The normalized spacial score (nSPS) is 12.8. The van der Waals surface area contributed by atoms with E-state index in [4.69, 9.17) is 15.7 Å². The minimum Gasteiger partial charge on any atom is -0.492 e. The molecule has 0 saturated carbocycles. The number of carbonyl (C=O) groups is 1. The number of carbonyl (C=O) groups excluding carboxylic acids is 1. The summed E-state index contributed by atoms with van der Waals surface area (Å²) in [5, 5.41) is 14.1. The van der Waals surface area contributed by atoms with Gasteiger partial charge in [-0.15, -0.1) is 0 Å². The van der Waals surface area contributed by atoms with Gasteiger partial charge in [0.2, 0.25) is 5.91 Å². The van der Waals surface area contributed by atoms with Crippen molar-refractivity contribution < 1.29 is 14.7 Å². The molecule has 0 aliphatic carbocycles. The highest BCUT2D eigenvalue weighted by atomic mass is 16.5. The molecular formula is C13H19N3O3. The average Bonchev–Trinajstić information content (AvgIpc) is 2.45. The summed E-state index contributed by atoms with van der Waals surface area (Å²) in [4.78, 5) is 11.7. The van der Waals surface area contributed by atoms with Gasteiger partial charge in [-0.3, -0.25) is 4.79 Å². The highest BCUT2D eigenvalue weighted by Gasteiger charge is 2.20. The van der Waals surface area contributed by atoms with Crippen LogP contribution >= 0.6 is 0 Å². The summed E-state index contributed by atoms with van der Waals surface area (Å²) in [6.07, 6.45) is 0.473. The second-order valence-corrected chi connectivity index (χ2v) is 3.94. The molecule has 0 saturated heterocycles. The maximum absolute atomic E-state index is 11.7. The van der Waals surface area contributed by atoms with Crippen molar-refractivity contribution in [1.82, 2.24) is 5.32 Å². The van der Waals surface area contributed by atoms with Crippen molar-refractivity contribution >= 4 is 11.7 Å². The summed E-state index contributed by atoms with van der Waals surface area (Å²) < 4.78 is 5.43. The zero-order valence-electron chi connectivity index (χ0n) is 10.9. The van der Waals surface area contributed by atoms with Gasteiger partial charge in [-0.05, 0) is 18.6 Å². The van der Waals surface area contributed by atoms with E-state index in [2.05, 4.69) is 10.5 Å². The van der Waals surface area contributed by atoms with Crippen LogP contribution in [0.4, 0.5) is 0 Å². The first-order valence-corrected chi connectivity index (χ1v) is 6.12. The number of ether oxygens (including phenoxy) is 1. The van der Waals surface area contributed by atoms with Gasteiger partial charge in [-0.25, -0.2) is 0 Å². The van der Waals surface area contributed by atoms with Crippen molar-refractivity contribution in [2.75, 3.05) is 13.2 Å². The maximum Gasteiger partial charge on any atom is 0.230 e. The number of nitrogens with zero attached hydrogens (tertiary/aromatic N) is 1. The number of nitrogens with two attached hydrogens (primary N) is 1. The molecule has 1 amide bonds. The summed E-state index contributed by atoms with van der Waals surface area (Å²) >= 11 is 0. The van der Waals surface area contributed by atoms with E-state index < -0.39 is 5.92 Å². The van der Waals surface area contributed by atoms with E-state index in [1.807, 2.05) is 30.3 Å². The van der Waals surface area contributed by atoms with E-state index >= 15 is 0 Å². The molecule has 6 nitrogen and oxygen atoms in total. The largest absolute Gasteiger partial charge is 0.492 e. The van der Waals surface area contributed by atoms with Crippen LogP contribution in [0.5, 0.6) is 5.75 Å². The van der Waals surface area contributed by atoms with Crippen molar-refractivity contribution in [1.29, 1.82) is 0 Å². The molecule has 1 atom stereocenters. The van der Waals surface area contributed by atoms with Crippen LogP contribution in [-0.4, -0.2) is 30.1 Å². The highest BCUT2D eigenvalue weighted by Crippen LogP contribution is 2.07. The fraction of sp³-hybridized carbons (Fsp3) is 0.385. The van der Waals surface area contributed by atoms with Gasteiger partial charge in [0.25, 0.3) is 0 Å². The first kappa shape index (κ1) is 14.8. The third kappa shape index (κ3) is 4.87. The Labute approximate surface area is 112 Å². The van der Waals surface area contributed by atoms with E-state index in [0.29, 0.717) is 19.6 Å². The molecule has 0 aliphatic heterocycles. The number of hydrogen-bond acceptors (Lipinski definition) is 4. The number of rotatable bonds is 7. The number of hydrogen-bond donors (Lipinski definition) is 3. The molecule has 4 N–H and O–H groups in total. The van der Waals surface area contributed by atoms with Gasteiger partial charge < -0.3 is 21.0 Å². The van der Waals surface area contributed by atoms with Gasteiger partial charge in [-0.2, -0.15) is 0 Å². The number of amidine groups is 1. The molecule has 0 aromatic heterocycles. The second-order valence-electron chi connectivity index (χ2n) is 3.94. The van der Waals surface area contributed by atoms with E-state index in [1.165, 1.54) is 0 Å². The zero-order chi connectivity index (χ0) is 14.1. The molecule has 19 heavy (non-hydrogen) atoms. The summed E-state index contributed by atoms with van der Waals surface area (Å²) in [5.74, 6) is -0.208. The molecule has 104 valence electrons. The number of para-hydroxylation sites is 1. The SMILES string of the molecule is CCC(C(=O)NCCOc1ccccc1)C(N)=NO. The molecule has 6 heteroatoms. The molecule has 1 aromatic carbocycles. The predicted molar refractivity (Wildman–Crippen MR) is 72.1 cm³/mol. The molecule has 0 spiro atoms. The van der Waals surface area contributed by atoms with Crippen LogP contribution in [0.2, 0.25) is 0 Å². The number of amides is 1. The maximum atomic E-state index is 11.7. The summed E-state index contributed by atoms with van der Waals surface area (Å²) in [6.45, 7) is 2.52. The smallest absolute Gasteiger partial charge is 0.230 e. The van der Waals surface area contributed by atoms with Gasteiger partial charge in [0.15, 0.2) is 5.84 Å². The van der Waals surface area contributed by atoms with Crippen LogP contribution in [0.3, 0.4) is 0 Å². The second kappa shape index (κ2) is 7.97. The van der Waals surface area contributed by atoms with E-state index in [0.717, 1.165) is 5.75 Å². The molecule has 0 radical (unpaired) electrons.